The Morgan fingerprint density at radius 2 is 2.08 bits per heavy atom. The summed E-state index contributed by atoms with van der Waals surface area (Å²) < 4.78 is 7.11. The lowest BCUT2D eigenvalue weighted by Gasteiger charge is -2.06. The average molecular weight is 343 g/mol. The summed E-state index contributed by atoms with van der Waals surface area (Å²) in [5.41, 5.74) is 4.98. The van der Waals surface area contributed by atoms with Gasteiger partial charge in [0.15, 0.2) is 5.69 Å². The van der Waals surface area contributed by atoms with Gasteiger partial charge in [-0.3, -0.25) is 4.79 Å². The minimum atomic E-state index is -0.119. The smallest absolute Gasteiger partial charge is 0.272 e. The van der Waals surface area contributed by atoms with Crippen molar-refractivity contribution in [1.29, 1.82) is 0 Å². The van der Waals surface area contributed by atoms with E-state index in [-0.39, 0.29) is 12.5 Å². The molecule has 0 saturated heterocycles. The SMILES string of the molecule is Cc1ccc(-n2nc(C(=O)NCCCOCCO)c3c2CCC3)cc1. The number of benzene rings is 1. The summed E-state index contributed by atoms with van der Waals surface area (Å²) in [5, 5.41) is 16.2. The Morgan fingerprint density at radius 3 is 2.84 bits per heavy atom. The number of rotatable bonds is 8. The molecule has 1 heterocycles. The fourth-order valence-corrected chi connectivity index (χ4v) is 3.15. The molecular formula is C19H25N3O3. The van der Waals surface area contributed by atoms with Gasteiger partial charge in [-0.25, -0.2) is 4.68 Å². The number of aliphatic hydroxyl groups is 1. The van der Waals surface area contributed by atoms with Gasteiger partial charge < -0.3 is 15.2 Å². The number of carbonyl (C=O) groups is 1. The number of amides is 1. The van der Waals surface area contributed by atoms with E-state index in [1.54, 1.807) is 0 Å². The summed E-state index contributed by atoms with van der Waals surface area (Å²) in [7, 11) is 0. The molecule has 1 aliphatic rings. The normalized spacial score (nSPS) is 13.0. The number of aryl methyl sites for hydroxylation is 1. The number of hydrogen-bond acceptors (Lipinski definition) is 4. The van der Waals surface area contributed by atoms with Gasteiger partial charge in [-0.1, -0.05) is 17.7 Å². The van der Waals surface area contributed by atoms with E-state index >= 15 is 0 Å². The van der Waals surface area contributed by atoms with Crippen molar-refractivity contribution in [3.8, 4) is 5.69 Å². The summed E-state index contributed by atoms with van der Waals surface area (Å²) in [6.07, 6.45) is 3.64. The standard InChI is InChI=1S/C19H25N3O3/c1-14-6-8-15(9-7-14)22-17-5-2-4-16(17)18(21-22)19(24)20-10-3-12-25-13-11-23/h6-9,23H,2-5,10-13H2,1H3,(H,20,24). The van der Waals surface area contributed by atoms with Crippen molar-refractivity contribution in [3.63, 3.8) is 0 Å². The van der Waals surface area contributed by atoms with E-state index in [9.17, 15) is 4.79 Å². The number of aromatic nitrogens is 2. The van der Waals surface area contributed by atoms with Crippen molar-refractivity contribution < 1.29 is 14.6 Å². The number of hydrogen-bond donors (Lipinski definition) is 2. The predicted molar refractivity (Wildman–Crippen MR) is 95.2 cm³/mol. The molecule has 6 nitrogen and oxygen atoms in total. The third-order valence-corrected chi connectivity index (χ3v) is 4.41. The van der Waals surface area contributed by atoms with E-state index in [2.05, 4.69) is 29.5 Å². The highest BCUT2D eigenvalue weighted by atomic mass is 16.5. The molecule has 6 heteroatoms. The van der Waals surface area contributed by atoms with Crippen molar-refractivity contribution in [2.75, 3.05) is 26.4 Å². The summed E-state index contributed by atoms with van der Waals surface area (Å²) in [4.78, 5) is 12.5. The molecule has 0 aliphatic heterocycles. The van der Waals surface area contributed by atoms with Crippen LogP contribution in [0.4, 0.5) is 0 Å². The van der Waals surface area contributed by atoms with E-state index in [1.807, 2.05) is 16.8 Å². The van der Waals surface area contributed by atoms with Gasteiger partial charge in [-0.05, 0) is 44.7 Å². The first-order chi connectivity index (χ1) is 12.2. The number of nitrogens with one attached hydrogen (secondary N) is 1. The van der Waals surface area contributed by atoms with Crippen LogP contribution >= 0.6 is 0 Å². The van der Waals surface area contributed by atoms with Crippen molar-refractivity contribution in [3.05, 3.63) is 46.8 Å². The molecule has 0 saturated carbocycles. The quantitative estimate of drug-likeness (QED) is 0.717. The highest BCUT2D eigenvalue weighted by molar-refractivity contribution is 5.94. The first kappa shape index (κ1) is 17.6. The first-order valence-electron chi connectivity index (χ1n) is 8.85. The second-order valence-corrected chi connectivity index (χ2v) is 6.32. The van der Waals surface area contributed by atoms with Crippen LogP contribution in [0.1, 0.15) is 40.2 Å². The van der Waals surface area contributed by atoms with Gasteiger partial charge >= 0.3 is 0 Å². The lowest BCUT2D eigenvalue weighted by Crippen LogP contribution is -2.26. The van der Waals surface area contributed by atoms with Crippen LogP contribution in [0.25, 0.3) is 5.69 Å². The van der Waals surface area contributed by atoms with Crippen molar-refractivity contribution in [2.45, 2.75) is 32.6 Å². The van der Waals surface area contributed by atoms with Crippen LogP contribution in [0, 0.1) is 6.92 Å². The van der Waals surface area contributed by atoms with E-state index in [0.717, 1.165) is 36.2 Å². The maximum absolute atomic E-state index is 12.5. The van der Waals surface area contributed by atoms with Crippen LogP contribution in [0.5, 0.6) is 0 Å². The van der Waals surface area contributed by atoms with E-state index in [1.165, 1.54) is 5.56 Å². The molecule has 0 unspecified atom stereocenters. The highest BCUT2D eigenvalue weighted by Gasteiger charge is 2.26. The summed E-state index contributed by atoms with van der Waals surface area (Å²) in [5.74, 6) is -0.119. The average Bonchev–Trinajstić information content (AvgIpc) is 3.21. The number of fused-ring (bicyclic) bond motifs is 1. The van der Waals surface area contributed by atoms with Gasteiger partial charge in [0.25, 0.3) is 5.91 Å². The van der Waals surface area contributed by atoms with Crippen LogP contribution in [0.2, 0.25) is 0 Å². The maximum atomic E-state index is 12.5. The van der Waals surface area contributed by atoms with Gasteiger partial charge in [0.1, 0.15) is 0 Å². The predicted octanol–water partition coefficient (Wildman–Crippen LogP) is 1.80. The number of nitrogens with zero attached hydrogens (tertiary/aromatic N) is 2. The Bertz CT molecular complexity index is 722. The summed E-state index contributed by atoms with van der Waals surface area (Å²) in [6, 6.07) is 8.21. The third-order valence-electron chi connectivity index (χ3n) is 4.41. The molecule has 2 aromatic rings. The summed E-state index contributed by atoms with van der Waals surface area (Å²) >= 11 is 0. The lowest BCUT2D eigenvalue weighted by atomic mass is 10.2. The number of aliphatic hydroxyl groups excluding tert-OH is 1. The molecule has 134 valence electrons. The number of carbonyl (C=O) groups excluding carboxylic acids is 1. The maximum Gasteiger partial charge on any atom is 0.272 e. The van der Waals surface area contributed by atoms with Crippen LogP contribution in [0.3, 0.4) is 0 Å². The second kappa shape index (κ2) is 8.27. The zero-order chi connectivity index (χ0) is 17.6. The zero-order valence-corrected chi connectivity index (χ0v) is 14.6. The largest absolute Gasteiger partial charge is 0.394 e. The van der Waals surface area contributed by atoms with Crippen molar-refractivity contribution >= 4 is 5.91 Å². The Morgan fingerprint density at radius 1 is 1.28 bits per heavy atom. The van der Waals surface area contributed by atoms with Gasteiger partial charge in [0, 0.05) is 24.4 Å². The van der Waals surface area contributed by atoms with Gasteiger partial charge in [-0.2, -0.15) is 5.10 Å². The molecule has 1 aromatic carbocycles. The van der Waals surface area contributed by atoms with E-state index < -0.39 is 0 Å². The minimum Gasteiger partial charge on any atom is -0.394 e. The lowest BCUT2D eigenvalue weighted by molar-refractivity contribution is 0.0865. The molecule has 0 spiro atoms. The van der Waals surface area contributed by atoms with Crippen LogP contribution in [-0.2, 0) is 17.6 Å². The van der Waals surface area contributed by atoms with Crippen molar-refractivity contribution in [1.82, 2.24) is 15.1 Å². The molecule has 1 amide bonds. The van der Waals surface area contributed by atoms with Crippen LogP contribution < -0.4 is 5.32 Å². The molecule has 1 aliphatic carbocycles. The first-order valence-corrected chi connectivity index (χ1v) is 8.85. The Hall–Kier alpha value is -2.18. The Balaban J connectivity index is 1.69. The molecule has 0 bridgehead atoms. The number of ether oxygens (including phenoxy) is 1. The monoisotopic (exact) mass is 343 g/mol. The van der Waals surface area contributed by atoms with Crippen LogP contribution in [-0.4, -0.2) is 47.2 Å². The van der Waals surface area contributed by atoms with E-state index in [0.29, 0.717) is 31.9 Å². The second-order valence-electron chi connectivity index (χ2n) is 6.32. The summed E-state index contributed by atoms with van der Waals surface area (Å²) in [6.45, 7) is 3.48. The minimum absolute atomic E-state index is 0.0228. The zero-order valence-electron chi connectivity index (χ0n) is 14.6. The van der Waals surface area contributed by atoms with Crippen molar-refractivity contribution in [2.24, 2.45) is 0 Å². The van der Waals surface area contributed by atoms with Gasteiger partial charge in [-0.15, -0.1) is 0 Å². The van der Waals surface area contributed by atoms with Crippen LogP contribution in [0.15, 0.2) is 24.3 Å². The highest BCUT2D eigenvalue weighted by Crippen LogP contribution is 2.27. The van der Waals surface area contributed by atoms with Gasteiger partial charge in [0.2, 0.25) is 0 Å². The molecule has 2 N–H and O–H groups in total. The van der Waals surface area contributed by atoms with Gasteiger partial charge in [0.05, 0.1) is 18.9 Å². The molecule has 0 fully saturated rings. The molecule has 25 heavy (non-hydrogen) atoms. The topological polar surface area (TPSA) is 76.4 Å². The third kappa shape index (κ3) is 4.08. The molecule has 3 rings (SSSR count). The Labute approximate surface area is 147 Å². The fraction of sp³-hybridized carbons (Fsp3) is 0.474. The van der Waals surface area contributed by atoms with E-state index in [4.69, 9.17) is 9.84 Å². The molecular weight excluding hydrogens is 318 g/mol. The molecule has 1 aromatic heterocycles. The fourth-order valence-electron chi connectivity index (χ4n) is 3.15. The molecule has 0 radical (unpaired) electrons. The molecule has 0 atom stereocenters. The Kier molecular flexibility index (Phi) is 5.83.